The van der Waals surface area contributed by atoms with E-state index in [1.54, 1.807) is 12.1 Å². The number of rotatable bonds is 5. The van der Waals surface area contributed by atoms with E-state index in [0.717, 1.165) is 18.5 Å². The molecule has 2 nitrogen and oxygen atoms in total. The molecule has 4 heteroatoms. The first-order chi connectivity index (χ1) is 7.49. The Balaban J connectivity index is 2.49. The fourth-order valence-corrected chi connectivity index (χ4v) is 1.87. The standard InChI is InChI=1S/C12H17BrFNO/c1-15(2)6-5-10(16)7-9-3-4-12(14)11(13)8-9/h3-4,8,10,16H,5-7H2,1-2H3. The second-order valence-corrected chi connectivity index (χ2v) is 5.05. The van der Waals surface area contributed by atoms with Crippen molar-refractivity contribution in [1.29, 1.82) is 0 Å². The Morgan fingerprint density at radius 3 is 2.69 bits per heavy atom. The van der Waals surface area contributed by atoms with Crippen molar-refractivity contribution >= 4 is 15.9 Å². The molecule has 0 aliphatic heterocycles. The van der Waals surface area contributed by atoms with Crippen molar-refractivity contribution in [3.8, 4) is 0 Å². The molecule has 1 aromatic rings. The van der Waals surface area contributed by atoms with Gasteiger partial charge in [-0.05, 0) is 67.1 Å². The minimum Gasteiger partial charge on any atom is -0.393 e. The molecule has 0 bridgehead atoms. The van der Waals surface area contributed by atoms with Crippen LogP contribution in [0.2, 0.25) is 0 Å². The van der Waals surface area contributed by atoms with E-state index in [0.29, 0.717) is 10.9 Å². The lowest BCUT2D eigenvalue weighted by Gasteiger charge is -2.14. The van der Waals surface area contributed by atoms with Gasteiger partial charge in [0.1, 0.15) is 5.82 Å². The smallest absolute Gasteiger partial charge is 0.137 e. The first kappa shape index (κ1) is 13.6. The van der Waals surface area contributed by atoms with Crippen LogP contribution >= 0.6 is 15.9 Å². The van der Waals surface area contributed by atoms with E-state index in [2.05, 4.69) is 15.9 Å². The van der Waals surface area contributed by atoms with E-state index in [9.17, 15) is 9.50 Å². The van der Waals surface area contributed by atoms with Gasteiger partial charge in [0.05, 0.1) is 10.6 Å². The average Bonchev–Trinajstić information content (AvgIpc) is 2.21. The average molecular weight is 290 g/mol. The molecule has 1 unspecified atom stereocenters. The lowest BCUT2D eigenvalue weighted by atomic mass is 10.1. The third kappa shape index (κ3) is 4.60. The summed E-state index contributed by atoms with van der Waals surface area (Å²) < 4.78 is 13.4. The molecule has 1 atom stereocenters. The van der Waals surface area contributed by atoms with Gasteiger partial charge < -0.3 is 10.0 Å². The topological polar surface area (TPSA) is 23.5 Å². The number of aliphatic hydroxyl groups excluding tert-OH is 1. The van der Waals surface area contributed by atoms with E-state index >= 15 is 0 Å². The van der Waals surface area contributed by atoms with Gasteiger partial charge in [-0.2, -0.15) is 0 Å². The van der Waals surface area contributed by atoms with Crippen LogP contribution < -0.4 is 0 Å². The first-order valence-corrected chi connectivity index (χ1v) is 6.05. The summed E-state index contributed by atoms with van der Waals surface area (Å²) in [5.74, 6) is -0.272. The van der Waals surface area contributed by atoms with Gasteiger partial charge in [0.2, 0.25) is 0 Å². The number of hydrogen-bond acceptors (Lipinski definition) is 2. The molecule has 1 N–H and O–H groups in total. The van der Waals surface area contributed by atoms with E-state index in [1.165, 1.54) is 6.07 Å². The fourth-order valence-electron chi connectivity index (χ4n) is 1.45. The Hall–Kier alpha value is -0.450. The van der Waals surface area contributed by atoms with Crippen LogP contribution in [0.4, 0.5) is 4.39 Å². The monoisotopic (exact) mass is 289 g/mol. The molecule has 1 rings (SSSR count). The van der Waals surface area contributed by atoms with Crippen LogP contribution in [-0.4, -0.2) is 36.8 Å². The minimum absolute atomic E-state index is 0.272. The largest absolute Gasteiger partial charge is 0.393 e. The van der Waals surface area contributed by atoms with Gasteiger partial charge in [0.25, 0.3) is 0 Å². The van der Waals surface area contributed by atoms with E-state index in [-0.39, 0.29) is 11.9 Å². The van der Waals surface area contributed by atoms with Crippen LogP contribution in [0.15, 0.2) is 22.7 Å². The first-order valence-electron chi connectivity index (χ1n) is 5.25. The zero-order chi connectivity index (χ0) is 12.1. The van der Waals surface area contributed by atoms with Crippen molar-refractivity contribution in [2.75, 3.05) is 20.6 Å². The molecule has 0 aliphatic carbocycles. The van der Waals surface area contributed by atoms with Crippen molar-refractivity contribution in [1.82, 2.24) is 4.90 Å². The van der Waals surface area contributed by atoms with Crippen molar-refractivity contribution in [3.63, 3.8) is 0 Å². The van der Waals surface area contributed by atoms with Crippen molar-refractivity contribution in [3.05, 3.63) is 34.1 Å². The number of benzene rings is 1. The maximum absolute atomic E-state index is 13.0. The number of halogens is 2. The lowest BCUT2D eigenvalue weighted by molar-refractivity contribution is 0.152. The quantitative estimate of drug-likeness (QED) is 0.900. The molecule has 0 saturated heterocycles. The highest BCUT2D eigenvalue weighted by Crippen LogP contribution is 2.18. The van der Waals surface area contributed by atoms with Crippen molar-refractivity contribution in [2.24, 2.45) is 0 Å². The van der Waals surface area contributed by atoms with Crippen LogP contribution in [0.25, 0.3) is 0 Å². The molecule has 0 fully saturated rings. The van der Waals surface area contributed by atoms with Gasteiger partial charge in [0.15, 0.2) is 0 Å². The number of aliphatic hydroxyl groups is 1. The molecule has 0 aromatic heterocycles. The van der Waals surface area contributed by atoms with Gasteiger partial charge in [0, 0.05) is 0 Å². The number of hydrogen-bond donors (Lipinski definition) is 1. The van der Waals surface area contributed by atoms with Crippen LogP contribution in [-0.2, 0) is 6.42 Å². The normalized spacial score (nSPS) is 13.1. The molecule has 0 spiro atoms. The van der Waals surface area contributed by atoms with Crippen LogP contribution in [0.3, 0.4) is 0 Å². The molecule has 0 saturated carbocycles. The molecule has 0 amide bonds. The third-order valence-electron chi connectivity index (χ3n) is 2.36. The van der Waals surface area contributed by atoms with Crippen molar-refractivity contribution < 1.29 is 9.50 Å². The Labute approximate surface area is 104 Å². The summed E-state index contributed by atoms with van der Waals surface area (Å²) in [6.45, 7) is 0.851. The predicted octanol–water partition coefficient (Wildman–Crippen LogP) is 2.44. The summed E-state index contributed by atoms with van der Waals surface area (Å²) in [5.41, 5.74) is 0.944. The third-order valence-corrected chi connectivity index (χ3v) is 2.97. The zero-order valence-electron chi connectivity index (χ0n) is 9.58. The summed E-state index contributed by atoms with van der Waals surface area (Å²) >= 11 is 3.13. The second kappa shape index (κ2) is 6.33. The van der Waals surface area contributed by atoms with Gasteiger partial charge >= 0.3 is 0 Å². The van der Waals surface area contributed by atoms with Crippen LogP contribution in [0, 0.1) is 5.82 Å². The number of nitrogens with zero attached hydrogens (tertiary/aromatic N) is 1. The Morgan fingerprint density at radius 2 is 2.12 bits per heavy atom. The molecule has 90 valence electrons. The summed E-state index contributed by atoms with van der Waals surface area (Å²) in [7, 11) is 3.95. The summed E-state index contributed by atoms with van der Waals surface area (Å²) in [6.07, 6.45) is 0.911. The highest BCUT2D eigenvalue weighted by atomic mass is 79.9. The van der Waals surface area contributed by atoms with E-state index in [1.807, 2.05) is 19.0 Å². The highest BCUT2D eigenvalue weighted by molar-refractivity contribution is 9.10. The van der Waals surface area contributed by atoms with Crippen molar-refractivity contribution in [2.45, 2.75) is 18.9 Å². The Kier molecular flexibility index (Phi) is 5.38. The summed E-state index contributed by atoms with van der Waals surface area (Å²) in [4.78, 5) is 2.03. The Morgan fingerprint density at radius 1 is 1.44 bits per heavy atom. The Bertz CT molecular complexity index is 344. The van der Waals surface area contributed by atoms with Gasteiger partial charge in [-0.25, -0.2) is 4.39 Å². The maximum Gasteiger partial charge on any atom is 0.137 e. The van der Waals surface area contributed by atoms with E-state index < -0.39 is 0 Å². The fraction of sp³-hybridized carbons (Fsp3) is 0.500. The zero-order valence-corrected chi connectivity index (χ0v) is 11.2. The SMILES string of the molecule is CN(C)CCC(O)Cc1ccc(F)c(Br)c1. The second-order valence-electron chi connectivity index (χ2n) is 4.20. The van der Waals surface area contributed by atoms with Gasteiger partial charge in [-0.1, -0.05) is 6.07 Å². The molecule has 0 heterocycles. The molecule has 0 aliphatic rings. The predicted molar refractivity (Wildman–Crippen MR) is 67.0 cm³/mol. The molecule has 16 heavy (non-hydrogen) atoms. The highest BCUT2D eigenvalue weighted by Gasteiger charge is 2.07. The molecule has 0 radical (unpaired) electrons. The maximum atomic E-state index is 13.0. The van der Waals surface area contributed by atoms with Gasteiger partial charge in [-0.3, -0.25) is 0 Å². The lowest BCUT2D eigenvalue weighted by Crippen LogP contribution is -2.20. The van der Waals surface area contributed by atoms with Gasteiger partial charge in [-0.15, -0.1) is 0 Å². The van der Waals surface area contributed by atoms with Crippen LogP contribution in [0.1, 0.15) is 12.0 Å². The summed E-state index contributed by atoms with van der Waals surface area (Å²) in [5, 5.41) is 9.78. The summed E-state index contributed by atoms with van der Waals surface area (Å²) in [6, 6.07) is 4.84. The van der Waals surface area contributed by atoms with E-state index in [4.69, 9.17) is 0 Å². The molecular weight excluding hydrogens is 273 g/mol. The minimum atomic E-state index is -0.375. The molecule has 1 aromatic carbocycles. The van der Waals surface area contributed by atoms with Crippen LogP contribution in [0.5, 0.6) is 0 Å². The molecular formula is C12H17BrFNO.